The van der Waals surface area contributed by atoms with Crippen LogP contribution in [0.3, 0.4) is 0 Å². The van der Waals surface area contributed by atoms with Gasteiger partial charge in [0.2, 0.25) is 0 Å². The average molecular weight is 507 g/mol. The van der Waals surface area contributed by atoms with E-state index < -0.39 is 45.9 Å². The van der Waals surface area contributed by atoms with Crippen molar-refractivity contribution in [2.75, 3.05) is 32.1 Å². The number of hydrogen-bond acceptors (Lipinski definition) is 9. The molecule has 3 unspecified atom stereocenters. The van der Waals surface area contributed by atoms with Crippen LogP contribution in [0.15, 0.2) is 12.5 Å². The Morgan fingerprint density at radius 2 is 2.15 bits per heavy atom. The number of fused-ring (bicyclic) bond motifs is 1. The van der Waals surface area contributed by atoms with Gasteiger partial charge in [0.25, 0.3) is 0 Å². The number of ether oxygens (including phenoxy) is 1. The van der Waals surface area contributed by atoms with E-state index >= 15 is 0 Å². The van der Waals surface area contributed by atoms with E-state index in [9.17, 15) is 32.5 Å². The standard InChI is InChI=1S/C18H21F3N5O7P/c19-18(20,21)17(28)23-5-7-32-34(29,30)31-6-1-2-11-8-26(13-4-3-12(9-27)33-13)16-14(11)15(22)24-10-25-16/h8,10,12-13,27H,3-7,9H2,(H,23,28)(H,29,30)(H2,22,24,25). The zero-order valence-corrected chi connectivity index (χ0v) is 18.4. The number of phosphoric ester groups is 1. The van der Waals surface area contributed by atoms with Crippen LogP contribution in [0.5, 0.6) is 0 Å². The Bertz CT molecular complexity index is 1150. The highest BCUT2D eigenvalue weighted by atomic mass is 31.2. The van der Waals surface area contributed by atoms with Gasteiger partial charge in [-0.25, -0.2) is 14.5 Å². The van der Waals surface area contributed by atoms with Gasteiger partial charge in [0.1, 0.15) is 30.6 Å². The molecule has 34 heavy (non-hydrogen) atoms. The third-order valence-electron chi connectivity index (χ3n) is 4.66. The Balaban J connectivity index is 1.61. The Morgan fingerprint density at radius 3 is 2.82 bits per heavy atom. The summed E-state index contributed by atoms with van der Waals surface area (Å²) in [5.74, 6) is 3.21. The number of amides is 1. The van der Waals surface area contributed by atoms with Crippen molar-refractivity contribution in [3.63, 3.8) is 0 Å². The molecule has 16 heteroatoms. The summed E-state index contributed by atoms with van der Waals surface area (Å²) in [5, 5.41) is 11.2. The van der Waals surface area contributed by atoms with Gasteiger partial charge in [-0.3, -0.25) is 13.8 Å². The number of carbonyl (C=O) groups is 1. The molecule has 1 fully saturated rings. The number of nitrogens with zero attached hydrogens (tertiary/aromatic N) is 3. The van der Waals surface area contributed by atoms with Crippen molar-refractivity contribution >= 4 is 30.6 Å². The van der Waals surface area contributed by atoms with Crippen LogP contribution in [0.4, 0.5) is 19.0 Å². The lowest BCUT2D eigenvalue weighted by atomic mass is 10.2. The van der Waals surface area contributed by atoms with Gasteiger partial charge in [-0.2, -0.15) is 13.2 Å². The average Bonchev–Trinajstić information content (AvgIpc) is 3.39. The van der Waals surface area contributed by atoms with E-state index in [0.717, 1.165) is 0 Å². The number of halogens is 3. The lowest BCUT2D eigenvalue weighted by Crippen LogP contribution is -2.38. The van der Waals surface area contributed by atoms with Crippen molar-refractivity contribution in [3.05, 3.63) is 18.1 Å². The van der Waals surface area contributed by atoms with Crippen LogP contribution in [0.25, 0.3) is 11.0 Å². The number of carbonyl (C=O) groups excluding carboxylic acids is 1. The first-order valence-corrected chi connectivity index (χ1v) is 11.3. The quantitative estimate of drug-likeness (QED) is 0.228. The Morgan fingerprint density at radius 1 is 1.38 bits per heavy atom. The number of alkyl halides is 3. The summed E-state index contributed by atoms with van der Waals surface area (Å²) in [4.78, 5) is 28.4. The Kier molecular flexibility index (Phi) is 8.13. The Labute approximate surface area is 190 Å². The molecule has 2 aromatic rings. The monoisotopic (exact) mass is 507 g/mol. The molecule has 0 bridgehead atoms. The van der Waals surface area contributed by atoms with Crippen LogP contribution in [0.1, 0.15) is 24.6 Å². The molecule has 5 N–H and O–H groups in total. The van der Waals surface area contributed by atoms with Gasteiger partial charge in [-0.1, -0.05) is 11.8 Å². The zero-order valence-electron chi connectivity index (χ0n) is 17.5. The molecule has 186 valence electrons. The molecule has 0 spiro atoms. The molecule has 3 atom stereocenters. The van der Waals surface area contributed by atoms with Crippen molar-refractivity contribution in [3.8, 4) is 11.8 Å². The van der Waals surface area contributed by atoms with Crippen LogP contribution < -0.4 is 11.1 Å². The number of nitrogens with two attached hydrogens (primary N) is 1. The van der Waals surface area contributed by atoms with Gasteiger partial charge in [-0.15, -0.1) is 0 Å². The van der Waals surface area contributed by atoms with E-state index in [1.165, 1.54) is 11.6 Å². The van der Waals surface area contributed by atoms with E-state index in [1.807, 2.05) is 0 Å². The molecule has 3 rings (SSSR count). The SMILES string of the molecule is Nc1ncnc2c1c(C#CCOP(=O)(O)OCCNC(=O)C(F)(F)F)cn2C1CCC(CO)O1. The number of anilines is 1. The van der Waals surface area contributed by atoms with Crippen LogP contribution in [0, 0.1) is 11.8 Å². The summed E-state index contributed by atoms with van der Waals surface area (Å²) in [5.41, 5.74) is 6.82. The van der Waals surface area contributed by atoms with Crippen molar-refractivity contribution in [1.29, 1.82) is 0 Å². The fraction of sp³-hybridized carbons (Fsp3) is 0.500. The van der Waals surface area contributed by atoms with Gasteiger partial charge in [0.05, 0.1) is 30.3 Å². The highest BCUT2D eigenvalue weighted by Gasteiger charge is 2.38. The number of aliphatic hydroxyl groups is 1. The largest absolute Gasteiger partial charge is 0.473 e. The first-order valence-electron chi connectivity index (χ1n) is 9.85. The highest BCUT2D eigenvalue weighted by Crippen LogP contribution is 2.42. The van der Waals surface area contributed by atoms with Gasteiger partial charge in [0.15, 0.2) is 0 Å². The number of hydrogen-bond donors (Lipinski definition) is 4. The van der Waals surface area contributed by atoms with Gasteiger partial charge >= 0.3 is 19.9 Å². The van der Waals surface area contributed by atoms with Crippen LogP contribution >= 0.6 is 7.82 Å². The zero-order chi connectivity index (χ0) is 24.9. The summed E-state index contributed by atoms with van der Waals surface area (Å²) < 4.78 is 64.6. The lowest BCUT2D eigenvalue weighted by Gasteiger charge is -2.14. The third kappa shape index (κ3) is 6.44. The van der Waals surface area contributed by atoms with E-state index in [2.05, 4.69) is 30.9 Å². The van der Waals surface area contributed by atoms with Crippen molar-refractivity contribution in [2.45, 2.75) is 31.3 Å². The summed E-state index contributed by atoms with van der Waals surface area (Å²) in [6.45, 7) is -2.03. The topological polar surface area (TPSA) is 171 Å². The molecular weight excluding hydrogens is 486 g/mol. The number of rotatable bonds is 8. The molecule has 0 aliphatic carbocycles. The summed E-state index contributed by atoms with van der Waals surface area (Å²) in [7, 11) is -4.63. The van der Waals surface area contributed by atoms with E-state index in [0.29, 0.717) is 29.4 Å². The second-order valence-electron chi connectivity index (χ2n) is 7.01. The number of phosphoric acid groups is 1. The Hall–Kier alpha value is -2.73. The van der Waals surface area contributed by atoms with Gasteiger partial charge in [-0.05, 0) is 12.8 Å². The third-order valence-corrected chi connectivity index (χ3v) is 5.62. The van der Waals surface area contributed by atoms with Crippen molar-refractivity contribution in [1.82, 2.24) is 19.9 Å². The summed E-state index contributed by atoms with van der Waals surface area (Å²) >= 11 is 0. The fourth-order valence-electron chi connectivity index (χ4n) is 3.16. The molecule has 0 saturated carbocycles. The fourth-order valence-corrected chi connectivity index (χ4v) is 3.78. The van der Waals surface area contributed by atoms with Crippen LogP contribution in [-0.4, -0.2) is 69.1 Å². The first kappa shape index (κ1) is 25.9. The molecule has 1 saturated heterocycles. The smallest absolute Gasteiger partial charge is 0.394 e. The van der Waals surface area contributed by atoms with Gasteiger partial charge < -0.3 is 30.4 Å². The first-order chi connectivity index (χ1) is 16.0. The van der Waals surface area contributed by atoms with Crippen LogP contribution in [-0.2, 0) is 23.1 Å². The molecule has 2 aromatic heterocycles. The minimum Gasteiger partial charge on any atom is -0.394 e. The second-order valence-corrected chi connectivity index (χ2v) is 8.46. The molecule has 1 aliphatic rings. The second kappa shape index (κ2) is 10.7. The number of nitrogen functional groups attached to an aromatic ring is 1. The summed E-state index contributed by atoms with van der Waals surface area (Å²) in [6, 6.07) is 0. The molecular formula is C18H21F3N5O7P. The van der Waals surface area contributed by atoms with Gasteiger partial charge in [0, 0.05) is 12.7 Å². The number of aromatic nitrogens is 3. The van der Waals surface area contributed by atoms with Crippen LogP contribution in [0.2, 0.25) is 0 Å². The molecule has 1 aliphatic heterocycles. The molecule has 0 radical (unpaired) electrons. The summed E-state index contributed by atoms with van der Waals surface area (Å²) in [6.07, 6.45) is -1.58. The minimum absolute atomic E-state index is 0.116. The number of aliphatic hydroxyl groups excluding tert-OH is 1. The predicted octanol–water partition coefficient (Wildman–Crippen LogP) is 0.847. The highest BCUT2D eigenvalue weighted by molar-refractivity contribution is 7.47. The maximum absolute atomic E-state index is 12.1. The maximum Gasteiger partial charge on any atom is 0.473 e. The lowest BCUT2D eigenvalue weighted by molar-refractivity contribution is -0.173. The number of nitrogens with one attached hydrogen (secondary N) is 1. The molecule has 0 aromatic carbocycles. The van der Waals surface area contributed by atoms with E-state index in [-0.39, 0.29) is 18.5 Å². The molecule has 3 heterocycles. The normalized spacial score (nSPS) is 20.0. The van der Waals surface area contributed by atoms with Crippen molar-refractivity contribution in [2.24, 2.45) is 0 Å². The minimum atomic E-state index is -5.07. The molecule has 12 nitrogen and oxygen atoms in total. The van der Waals surface area contributed by atoms with E-state index in [1.54, 1.807) is 10.8 Å². The maximum atomic E-state index is 12.1. The molecule has 1 amide bonds. The van der Waals surface area contributed by atoms with Crippen molar-refractivity contribution < 1.29 is 46.3 Å². The predicted molar refractivity (Wildman–Crippen MR) is 110 cm³/mol. The van der Waals surface area contributed by atoms with E-state index in [4.69, 9.17) is 10.5 Å².